The fourth-order valence-corrected chi connectivity index (χ4v) is 2.43. The van der Waals surface area contributed by atoms with E-state index in [1.807, 2.05) is 6.26 Å². The third-order valence-corrected chi connectivity index (χ3v) is 3.89. The molecule has 0 saturated carbocycles. The second-order valence-electron chi connectivity index (χ2n) is 5.01. The number of urea groups is 1. The monoisotopic (exact) mass is 354 g/mol. The Balaban J connectivity index is 2.71. The molecule has 0 spiro atoms. The molecule has 0 aliphatic heterocycles. The van der Waals surface area contributed by atoms with Crippen molar-refractivity contribution in [3.8, 4) is 5.75 Å². The number of ketones is 1. The minimum atomic E-state index is -0.975. The Morgan fingerprint density at radius 3 is 2.38 bits per heavy atom. The molecule has 132 valence electrons. The number of benzene rings is 1. The first-order valence-corrected chi connectivity index (χ1v) is 8.72. The third-order valence-electron chi connectivity index (χ3n) is 3.25. The van der Waals surface area contributed by atoms with Gasteiger partial charge in [0.05, 0.1) is 7.11 Å². The van der Waals surface area contributed by atoms with E-state index in [0.717, 1.165) is 0 Å². The number of hydrogen-bond donors (Lipinski definition) is 2. The van der Waals surface area contributed by atoms with Gasteiger partial charge in [-0.2, -0.15) is 11.8 Å². The van der Waals surface area contributed by atoms with Crippen molar-refractivity contribution < 1.29 is 23.9 Å². The summed E-state index contributed by atoms with van der Waals surface area (Å²) in [5.41, 5.74) is 5.47. The van der Waals surface area contributed by atoms with Crippen LogP contribution in [0.4, 0.5) is 4.79 Å². The topological polar surface area (TPSA) is 108 Å². The van der Waals surface area contributed by atoms with Gasteiger partial charge in [0.2, 0.25) is 5.78 Å². The van der Waals surface area contributed by atoms with E-state index in [-0.39, 0.29) is 5.78 Å². The maximum absolute atomic E-state index is 12.3. The van der Waals surface area contributed by atoms with Crippen molar-refractivity contribution in [3.05, 3.63) is 29.8 Å². The quantitative estimate of drug-likeness (QED) is 0.515. The summed E-state index contributed by atoms with van der Waals surface area (Å²) in [5, 5.41) is 2.34. The minimum absolute atomic E-state index is 0.339. The van der Waals surface area contributed by atoms with Crippen LogP contribution in [0.5, 0.6) is 5.75 Å². The van der Waals surface area contributed by atoms with E-state index in [1.165, 1.54) is 25.8 Å². The Morgan fingerprint density at radius 1 is 1.25 bits per heavy atom. The minimum Gasteiger partial charge on any atom is -0.497 e. The van der Waals surface area contributed by atoms with Gasteiger partial charge in [0.15, 0.2) is 6.10 Å². The van der Waals surface area contributed by atoms with Gasteiger partial charge in [-0.15, -0.1) is 0 Å². The predicted octanol–water partition coefficient (Wildman–Crippen LogP) is 1.60. The Labute approximate surface area is 145 Å². The summed E-state index contributed by atoms with van der Waals surface area (Å²) in [6, 6.07) is 4.81. The highest BCUT2D eigenvalue weighted by Crippen LogP contribution is 2.14. The first-order chi connectivity index (χ1) is 11.4. The molecule has 0 fully saturated rings. The standard InChI is InChI=1S/C16H22N2O5S/c1-10(14(19)11-4-6-12(22-2)7-5-11)23-15(20)13(8-9-24-3)18-16(17)21/h4-7,10,13H,8-9H2,1-3H3,(H3,17,18,21)/t10-,13+/m0/s1. The van der Waals surface area contributed by atoms with Crippen LogP contribution in [-0.4, -0.2) is 49.0 Å². The zero-order valence-electron chi connectivity index (χ0n) is 13.9. The Morgan fingerprint density at radius 2 is 1.88 bits per heavy atom. The van der Waals surface area contributed by atoms with Crippen LogP contribution in [0.2, 0.25) is 0 Å². The molecular formula is C16H22N2O5S. The van der Waals surface area contributed by atoms with E-state index in [2.05, 4.69) is 5.32 Å². The van der Waals surface area contributed by atoms with Crippen molar-refractivity contribution in [3.63, 3.8) is 0 Å². The van der Waals surface area contributed by atoms with Gasteiger partial charge in [0, 0.05) is 5.56 Å². The molecule has 2 atom stereocenters. The van der Waals surface area contributed by atoms with Crippen molar-refractivity contribution in [2.45, 2.75) is 25.5 Å². The van der Waals surface area contributed by atoms with Crippen LogP contribution in [0.25, 0.3) is 0 Å². The van der Waals surface area contributed by atoms with Crippen LogP contribution >= 0.6 is 11.8 Å². The van der Waals surface area contributed by atoms with Gasteiger partial charge in [0.25, 0.3) is 0 Å². The van der Waals surface area contributed by atoms with Crippen molar-refractivity contribution in [2.75, 3.05) is 19.1 Å². The van der Waals surface area contributed by atoms with Crippen LogP contribution in [0, 0.1) is 0 Å². The molecule has 0 aromatic heterocycles. The number of rotatable bonds is 9. The number of thioether (sulfide) groups is 1. The first-order valence-electron chi connectivity index (χ1n) is 7.32. The summed E-state index contributed by atoms with van der Waals surface area (Å²) in [6.07, 6.45) is 1.27. The average molecular weight is 354 g/mol. The molecule has 0 radical (unpaired) electrons. The molecule has 0 unspecified atom stereocenters. The maximum atomic E-state index is 12.3. The molecule has 0 saturated heterocycles. The van der Waals surface area contributed by atoms with Crippen LogP contribution in [0.3, 0.4) is 0 Å². The molecule has 0 bridgehead atoms. The summed E-state index contributed by atoms with van der Waals surface area (Å²) in [5.74, 6) is 0.241. The fraction of sp³-hybridized carbons (Fsp3) is 0.438. The molecule has 24 heavy (non-hydrogen) atoms. The summed E-state index contributed by atoms with van der Waals surface area (Å²) >= 11 is 1.52. The molecule has 7 nitrogen and oxygen atoms in total. The van der Waals surface area contributed by atoms with Gasteiger partial charge in [-0.05, 0) is 49.6 Å². The SMILES string of the molecule is COc1ccc(C(=O)[C@H](C)OC(=O)[C@@H](CCSC)NC(N)=O)cc1. The van der Waals surface area contributed by atoms with Crippen molar-refractivity contribution >= 4 is 29.5 Å². The lowest BCUT2D eigenvalue weighted by atomic mass is 10.1. The van der Waals surface area contributed by atoms with Crippen LogP contribution in [-0.2, 0) is 9.53 Å². The molecule has 0 aliphatic rings. The number of Topliss-reactive ketones (excluding diaryl/α,β-unsaturated/α-hetero) is 1. The molecule has 8 heteroatoms. The Hall–Kier alpha value is -2.22. The van der Waals surface area contributed by atoms with E-state index in [4.69, 9.17) is 15.2 Å². The van der Waals surface area contributed by atoms with Crippen molar-refractivity contribution in [1.82, 2.24) is 5.32 Å². The van der Waals surface area contributed by atoms with E-state index in [1.54, 1.807) is 24.3 Å². The largest absolute Gasteiger partial charge is 0.497 e. The van der Waals surface area contributed by atoms with Gasteiger partial charge in [0.1, 0.15) is 11.8 Å². The van der Waals surface area contributed by atoms with Gasteiger partial charge in [-0.25, -0.2) is 9.59 Å². The zero-order chi connectivity index (χ0) is 18.1. The smallest absolute Gasteiger partial charge is 0.329 e. The number of amides is 2. The highest BCUT2D eigenvalue weighted by atomic mass is 32.2. The molecule has 1 aromatic rings. The van der Waals surface area contributed by atoms with Gasteiger partial charge in [-0.1, -0.05) is 0 Å². The summed E-state index contributed by atoms with van der Waals surface area (Å²) in [7, 11) is 1.53. The first kappa shape index (κ1) is 19.8. The number of ether oxygens (including phenoxy) is 2. The van der Waals surface area contributed by atoms with E-state index >= 15 is 0 Å². The highest BCUT2D eigenvalue weighted by molar-refractivity contribution is 7.98. The average Bonchev–Trinajstić information content (AvgIpc) is 2.57. The van der Waals surface area contributed by atoms with E-state index < -0.39 is 24.1 Å². The number of nitrogens with one attached hydrogen (secondary N) is 1. The molecule has 3 N–H and O–H groups in total. The second-order valence-corrected chi connectivity index (χ2v) is 6.00. The lowest BCUT2D eigenvalue weighted by Crippen LogP contribution is -2.46. The lowest BCUT2D eigenvalue weighted by Gasteiger charge is -2.19. The van der Waals surface area contributed by atoms with Crippen molar-refractivity contribution in [1.29, 1.82) is 0 Å². The normalized spacial score (nSPS) is 12.8. The maximum Gasteiger partial charge on any atom is 0.329 e. The molecular weight excluding hydrogens is 332 g/mol. The number of esters is 1. The number of carbonyl (C=O) groups is 3. The van der Waals surface area contributed by atoms with E-state index in [9.17, 15) is 14.4 Å². The lowest BCUT2D eigenvalue weighted by molar-refractivity contribution is -0.148. The van der Waals surface area contributed by atoms with Crippen molar-refractivity contribution in [2.24, 2.45) is 5.73 Å². The zero-order valence-corrected chi connectivity index (χ0v) is 14.7. The fourth-order valence-electron chi connectivity index (χ4n) is 1.96. The highest BCUT2D eigenvalue weighted by Gasteiger charge is 2.26. The van der Waals surface area contributed by atoms with Crippen LogP contribution in [0.1, 0.15) is 23.7 Å². The number of primary amides is 1. The Bertz CT molecular complexity index is 576. The number of carbonyl (C=O) groups excluding carboxylic acids is 3. The van der Waals surface area contributed by atoms with Crippen LogP contribution in [0.15, 0.2) is 24.3 Å². The van der Waals surface area contributed by atoms with E-state index in [0.29, 0.717) is 23.5 Å². The number of methoxy groups -OCH3 is 1. The molecule has 2 amide bonds. The molecule has 0 heterocycles. The summed E-state index contributed by atoms with van der Waals surface area (Å²) in [4.78, 5) is 35.5. The van der Waals surface area contributed by atoms with Crippen LogP contribution < -0.4 is 15.8 Å². The van der Waals surface area contributed by atoms with Gasteiger partial charge in [-0.3, -0.25) is 4.79 Å². The second kappa shape index (κ2) is 9.82. The van der Waals surface area contributed by atoms with Gasteiger partial charge < -0.3 is 20.5 Å². The Kier molecular flexibility index (Phi) is 8.11. The number of nitrogens with two attached hydrogens (primary N) is 1. The van der Waals surface area contributed by atoms with Gasteiger partial charge >= 0.3 is 12.0 Å². The summed E-state index contributed by atoms with van der Waals surface area (Å²) in [6.45, 7) is 1.49. The molecule has 1 aromatic carbocycles. The number of hydrogen-bond acceptors (Lipinski definition) is 6. The third kappa shape index (κ3) is 6.11. The molecule has 1 rings (SSSR count). The predicted molar refractivity (Wildman–Crippen MR) is 92.4 cm³/mol. The summed E-state index contributed by atoms with van der Waals surface area (Å²) < 4.78 is 10.2. The molecule has 0 aliphatic carbocycles.